The number of amides is 2. The van der Waals surface area contributed by atoms with Gasteiger partial charge in [-0.1, -0.05) is 23.2 Å². The van der Waals surface area contributed by atoms with Gasteiger partial charge in [-0.3, -0.25) is 9.69 Å². The lowest BCUT2D eigenvalue weighted by Gasteiger charge is -2.44. The van der Waals surface area contributed by atoms with Crippen molar-refractivity contribution >= 4 is 35.2 Å². The first-order chi connectivity index (χ1) is 11.6. The molecule has 2 rings (SSSR count). The van der Waals surface area contributed by atoms with Gasteiger partial charge in [-0.05, 0) is 39.0 Å². The highest BCUT2D eigenvalue weighted by Crippen LogP contribution is 2.25. The van der Waals surface area contributed by atoms with Crippen LogP contribution in [0.2, 0.25) is 10.0 Å². The fourth-order valence-electron chi connectivity index (χ4n) is 2.71. The molecule has 25 heavy (non-hydrogen) atoms. The topological polar surface area (TPSA) is 59.1 Å². The predicted octanol–water partition coefficient (Wildman–Crippen LogP) is 3.66. The molecule has 0 spiro atoms. The molecule has 0 N–H and O–H groups in total. The van der Waals surface area contributed by atoms with Gasteiger partial charge in [0.25, 0.3) is 5.91 Å². The van der Waals surface area contributed by atoms with Gasteiger partial charge in [0.1, 0.15) is 0 Å². The second-order valence-corrected chi connectivity index (χ2v) is 7.53. The summed E-state index contributed by atoms with van der Waals surface area (Å²) in [4.78, 5) is 28.1. The molecule has 1 atom stereocenters. The summed E-state index contributed by atoms with van der Waals surface area (Å²) in [5.74, 6) is -0.189. The monoisotopic (exact) mass is 388 g/mol. The van der Waals surface area contributed by atoms with Crippen LogP contribution in [-0.2, 0) is 9.47 Å². The van der Waals surface area contributed by atoms with E-state index in [1.807, 2.05) is 20.8 Å². The summed E-state index contributed by atoms with van der Waals surface area (Å²) in [7, 11) is 1.32. The van der Waals surface area contributed by atoms with Gasteiger partial charge in [-0.15, -0.1) is 0 Å². The van der Waals surface area contributed by atoms with Gasteiger partial charge in [0.15, 0.2) is 6.23 Å². The Morgan fingerprint density at radius 1 is 1.28 bits per heavy atom. The standard InChI is InChI=1S/C17H22Cl2N2O4/c1-17(2,3)21(16(23)24-4)14-10-20(7-8-25-14)15(22)11-5-6-12(18)13(19)9-11/h5-6,9,14H,7-8,10H2,1-4H3/t14-/m0/s1. The number of hydrogen-bond acceptors (Lipinski definition) is 4. The van der Waals surface area contributed by atoms with Gasteiger partial charge in [0.05, 0.1) is 30.3 Å². The molecule has 1 aromatic rings. The van der Waals surface area contributed by atoms with E-state index in [2.05, 4.69) is 0 Å². The van der Waals surface area contributed by atoms with E-state index in [1.165, 1.54) is 12.0 Å². The molecule has 0 bridgehead atoms. The summed E-state index contributed by atoms with van der Waals surface area (Å²) in [5.41, 5.74) is -0.0802. The Bertz CT molecular complexity index is 661. The van der Waals surface area contributed by atoms with Crippen LogP contribution in [0.25, 0.3) is 0 Å². The Hall–Kier alpha value is -1.50. The first kappa shape index (κ1) is 19.8. The van der Waals surface area contributed by atoms with Crippen molar-refractivity contribution in [3.8, 4) is 0 Å². The maximum Gasteiger partial charge on any atom is 0.412 e. The van der Waals surface area contributed by atoms with Gasteiger partial charge in [-0.2, -0.15) is 0 Å². The van der Waals surface area contributed by atoms with Crippen molar-refractivity contribution in [3.05, 3.63) is 33.8 Å². The summed E-state index contributed by atoms with van der Waals surface area (Å²) in [6, 6.07) is 4.76. The van der Waals surface area contributed by atoms with Crippen LogP contribution in [0.3, 0.4) is 0 Å². The lowest BCUT2D eigenvalue weighted by molar-refractivity contribution is -0.118. The van der Waals surface area contributed by atoms with Crippen LogP contribution in [0.1, 0.15) is 31.1 Å². The maximum absolute atomic E-state index is 12.8. The number of methoxy groups -OCH3 is 1. The molecule has 0 unspecified atom stereocenters. The van der Waals surface area contributed by atoms with Gasteiger partial charge in [-0.25, -0.2) is 4.79 Å². The van der Waals surface area contributed by atoms with Gasteiger partial charge >= 0.3 is 6.09 Å². The molecule has 0 saturated carbocycles. The quantitative estimate of drug-likeness (QED) is 0.775. The Kier molecular flexibility index (Phi) is 6.19. The molecule has 1 aromatic carbocycles. The highest BCUT2D eigenvalue weighted by molar-refractivity contribution is 6.42. The lowest BCUT2D eigenvalue weighted by Crippen LogP contribution is -2.59. The first-order valence-corrected chi connectivity index (χ1v) is 8.64. The van der Waals surface area contributed by atoms with Crippen LogP contribution in [0, 0.1) is 0 Å². The molecular formula is C17H22Cl2N2O4. The summed E-state index contributed by atoms with van der Waals surface area (Å²) < 4.78 is 10.6. The molecule has 1 aliphatic heterocycles. The number of rotatable bonds is 2. The number of halogens is 2. The zero-order valence-electron chi connectivity index (χ0n) is 14.7. The third kappa shape index (κ3) is 4.57. The molecule has 8 heteroatoms. The molecule has 1 saturated heterocycles. The molecule has 0 aromatic heterocycles. The fraction of sp³-hybridized carbons (Fsp3) is 0.529. The number of carbonyl (C=O) groups excluding carboxylic acids is 2. The van der Waals surface area contributed by atoms with Crippen molar-refractivity contribution < 1.29 is 19.1 Å². The largest absolute Gasteiger partial charge is 0.453 e. The minimum Gasteiger partial charge on any atom is -0.453 e. The predicted molar refractivity (Wildman–Crippen MR) is 96.1 cm³/mol. The lowest BCUT2D eigenvalue weighted by atomic mass is 10.1. The summed E-state index contributed by atoms with van der Waals surface area (Å²) in [6.07, 6.45) is -1.09. The Labute approximate surface area is 157 Å². The highest BCUT2D eigenvalue weighted by Gasteiger charge is 2.38. The van der Waals surface area contributed by atoms with Crippen molar-refractivity contribution in [1.29, 1.82) is 0 Å². The number of morpholine rings is 1. The van der Waals surface area contributed by atoms with Crippen LogP contribution < -0.4 is 0 Å². The fourth-order valence-corrected chi connectivity index (χ4v) is 3.00. The van der Waals surface area contributed by atoms with Crippen molar-refractivity contribution in [2.24, 2.45) is 0 Å². The summed E-state index contributed by atoms with van der Waals surface area (Å²) in [5, 5.41) is 0.714. The maximum atomic E-state index is 12.8. The van der Waals surface area contributed by atoms with Crippen LogP contribution in [0.4, 0.5) is 4.79 Å². The Morgan fingerprint density at radius 2 is 1.96 bits per heavy atom. The third-order valence-corrected chi connectivity index (χ3v) is 4.62. The van der Waals surface area contributed by atoms with Crippen molar-refractivity contribution in [2.75, 3.05) is 26.8 Å². The van der Waals surface area contributed by atoms with Gasteiger partial charge < -0.3 is 14.4 Å². The molecule has 6 nitrogen and oxygen atoms in total. The molecule has 0 radical (unpaired) electrons. The Morgan fingerprint density at radius 3 is 2.52 bits per heavy atom. The van der Waals surface area contributed by atoms with Crippen molar-refractivity contribution in [1.82, 2.24) is 9.80 Å². The highest BCUT2D eigenvalue weighted by atomic mass is 35.5. The van der Waals surface area contributed by atoms with Crippen molar-refractivity contribution in [3.63, 3.8) is 0 Å². The summed E-state index contributed by atoms with van der Waals surface area (Å²) in [6.45, 7) is 6.63. The average molecular weight is 389 g/mol. The molecule has 1 aliphatic rings. The van der Waals surface area contributed by atoms with E-state index in [1.54, 1.807) is 23.1 Å². The van der Waals surface area contributed by atoms with Crippen LogP contribution in [0.5, 0.6) is 0 Å². The molecule has 138 valence electrons. The number of ether oxygens (including phenoxy) is 2. The SMILES string of the molecule is COC(=O)N([C@@H]1CN(C(=O)c2ccc(Cl)c(Cl)c2)CCO1)C(C)(C)C. The summed E-state index contributed by atoms with van der Waals surface area (Å²) >= 11 is 11.9. The number of benzene rings is 1. The van der Waals surface area contributed by atoms with E-state index in [-0.39, 0.29) is 12.5 Å². The first-order valence-electron chi connectivity index (χ1n) is 7.88. The smallest absolute Gasteiger partial charge is 0.412 e. The third-order valence-electron chi connectivity index (χ3n) is 3.88. The number of carbonyl (C=O) groups is 2. The van der Waals surface area contributed by atoms with E-state index in [4.69, 9.17) is 32.7 Å². The normalized spacial score (nSPS) is 18.0. The van der Waals surface area contributed by atoms with Gasteiger partial charge in [0.2, 0.25) is 0 Å². The minimum atomic E-state index is -0.590. The second kappa shape index (κ2) is 7.81. The molecule has 1 heterocycles. The number of hydrogen-bond donors (Lipinski definition) is 0. The van der Waals surface area contributed by atoms with Crippen LogP contribution in [0.15, 0.2) is 18.2 Å². The Balaban J connectivity index is 2.20. The second-order valence-electron chi connectivity index (χ2n) is 6.72. The molecule has 2 amide bonds. The molecule has 0 aliphatic carbocycles. The van der Waals surface area contributed by atoms with Crippen LogP contribution in [-0.4, -0.2) is 60.4 Å². The van der Waals surface area contributed by atoms with Crippen LogP contribution >= 0.6 is 23.2 Å². The zero-order valence-corrected chi connectivity index (χ0v) is 16.2. The zero-order chi connectivity index (χ0) is 18.8. The molecular weight excluding hydrogens is 367 g/mol. The van der Waals surface area contributed by atoms with E-state index in [0.717, 1.165) is 0 Å². The van der Waals surface area contributed by atoms with E-state index in [0.29, 0.717) is 28.8 Å². The van der Waals surface area contributed by atoms with Crippen molar-refractivity contribution in [2.45, 2.75) is 32.5 Å². The van der Waals surface area contributed by atoms with E-state index >= 15 is 0 Å². The van der Waals surface area contributed by atoms with E-state index in [9.17, 15) is 9.59 Å². The minimum absolute atomic E-state index is 0.189. The average Bonchev–Trinajstić information content (AvgIpc) is 2.55. The van der Waals surface area contributed by atoms with Gasteiger partial charge in [0, 0.05) is 17.6 Å². The molecule has 1 fully saturated rings. The number of nitrogens with zero attached hydrogens (tertiary/aromatic N) is 2. The van der Waals surface area contributed by atoms with E-state index < -0.39 is 17.9 Å².